The Kier molecular flexibility index (Phi) is 6.35. The number of alkyl halides is 3. The van der Waals surface area contributed by atoms with Crippen LogP contribution in [0.3, 0.4) is 0 Å². The topological polar surface area (TPSA) is 80.0 Å². The Morgan fingerprint density at radius 3 is 2.35 bits per heavy atom. The Hall–Kier alpha value is -3.04. The van der Waals surface area contributed by atoms with E-state index in [0.717, 1.165) is 23.9 Å². The van der Waals surface area contributed by atoms with E-state index < -0.39 is 23.1 Å². The summed E-state index contributed by atoms with van der Waals surface area (Å²) >= 11 is 12.5. The first-order chi connectivity index (χ1) is 16.1. The molecule has 4 rings (SSSR count). The van der Waals surface area contributed by atoms with Gasteiger partial charge in [0.25, 0.3) is 0 Å². The second kappa shape index (κ2) is 8.96. The Bertz CT molecular complexity index is 1230. The maximum atomic E-state index is 13.3. The SMILES string of the molecule is COC(=O)C1(c2c(C=N)nn(-c3c(Cl)cc(C(F)(F)F)cc3Cl)c2NCc2ccccc2)CC1. The Morgan fingerprint density at radius 2 is 1.85 bits per heavy atom. The van der Waals surface area contributed by atoms with Gasteiger partial charge in [0.1, 0.15) is 17.2 Å². The van der Waals surface area contributed by atoms with Crippen LogP contribution in [0, 0.1) is 5.41 Å². The van der Waals surface area contributed by atoms with E-state index in [-0.39, 0.29) is 21.4 Å². The van der Waals surface area contributed by atoms with E-state index in [4.69, 9.17) is 33.3 Å². The summed E-state index contributed by atoms with van der Waals surface area (Å²) in [6, 6.07) is 10.9. The van der Waals surface area contributed by atoms with Gasteiger partial charge in [-0.3, -0.25) is 4.79 Å². The van der Waals surface area contributed by atoms with Gasteiger partial charge in [-0.15, -0.1) is 0 Å². The van der Waals surface area contributed by atoms with E-state index in [1.54, 1.807) is 0 Å². The lowest BCUT2D eigenvalue weighted by Crippen LogP contribution is -2.24. The predicted molar refractivity (Wildman–Crippen MR) is 123 cm³/mol. The number of aromatic nitrogens is 2. The summed E-state index contributed by atoms with van der Waals surface area (Å²) < 4.78 is 46.0. The second-order valence-corrected chi connectivity index (χ2v) is 8.68. The van der Waals surface area contributed by atoms with E-state index in [1.807, 2.05) is 30.3 Å². The minimum absolute atomic E-state index is 0.00177. The molecule has 11 heteroatoms. The van der Waals surface area contributed by atoms with E-state index in [2.05, 4.69) is 10.4 Å². The molecule has 1 aliphatic carbocycles. The van der Waals surface area contributed by atoms with Crippen molar-refractivity contribution in [1.29, 1.82) is 5.41 Å². The molecule has 2 N–H and O–H groups in total. The van der Waals surface area contributed by atoms with Crippen molar-refractivity contribution in [3.8, 4) is 5.69 Å². The lowest BCUT2D eigenvalue weighted by Gasteiger charge is -2.19. The first-order valence-electron chi connectivity index (χ1n) is 10.2. The van der Waals surface area contributed by atoms with Crippen molar-refractivity contribution in [2.45, 2.75) is 31.0 Å². The van der Waals surface area contributed by atoms with Crippen LogP contribution in [0.5, 0.6) is 0 Å². The lowest BCUT2D eigenvalue weighted by molar-refractivity contribution is -0.143. The third-order valence-electron chi connectivity index (χ3n) is 5.71. The van der Waals surface area contributed by atoms with Gasteiger partial charge in [-0.05, 0) is 30.5 Å². The highest BCUT2D eigenvalue weighted by Gasteiger charge is 2.56. The molecule has 0 unspecified atom stereocenters. The van der Waals surface area contributed by atoms with Crippen LogP contribution >= 0.6 is 23.2 Å². The van der Waals surface area contributed by atoms with Crippen LogP contribution in [-0.4, -0.2) is 29.1 Å². The maximum Gasteiger partial charge on any atom is 0.416 e. The van der Waals surface area contributed by atoms with Crippen LogP contribution in [0.15, 0.2) is 42.5 Å². The number of anilines is 1. The summed E-state index contributed by atoms with van der Waals surface area (Å²) in [5.41, 5.74) is -0.545. The van der Waals surface area contributed by atoms with E-state index >= 15 is 0 Å². The fraction of sp³-hybridized carbons (Fsp3) is 0.261. The number of methoxy groups -OCH3 is 1. The number of nitrogens with zero attached hydrogens (tertiary/aromatic N) is 2. The first-order valence-corrected chi connectivity index (χ1v) is 10.9. The van der Waals surface area contributed by atoms with E-state index in [9.17, 15) is 18.0 Å². The van der Waals surface area contributed by atoms with Crippen LogP contribution in [0.25, 0.3) is 5.69 Å². The third-order valence-corrected chi connectivity index (χ3v) is 6.29. The van der Waals surface area contributed by atoms with Gasteiger partial charge in [0, 0.05) is 18.3 Å². The number of ether oxygens (including phenoxy) is 1. The fourth-order valence-electron chi connectivity index (χ4n) is 3.92. The average Bonchev–Trinajstić information content (AvgIpc) is 3.52. The summed E-state index contributed by atoms with van der Waals surface area (Å²) in [5, 5.41) is 15.0. The minimum atomic E-state index is -4.64. The normalized spacial score (nSPS) is 14.5. The van der Waals surface area contributed by atoms with Crippen LogP contribution in [-0.2, 0) is 27.7 Å². The zero-order valence-corrected chi connectivity index (χ0v) is 19.4. The van der Waals surface area contributed by atoms with Gasteiger partial charge >= 0.3 is 12.1 Å². The number of halogens is 5. The van der Waals surface area contributed by atoms with E-state index in [0.29, 0.717) is 30.8 Å². The highest BCUT2D eigenvalue weighted by Crippen LogP contribution is 2.53. The molecule has 6 nitrogen and oxygen atoms in total. The molecule has 0 atom stereocenters. The summed E-state index contributed by atoms with van der Waals surface area (Å²) in [6.45, 7) is 0.310. The van der Waals surface area contributed by atoms with Gasteiger partial charge in [0.15, 0.2) is 0 Å². The maximum absolute atomic E-state index is 13.3. The Morgan fingerprint density at radius 1 is 1.24 bits per heavy atom. The molecule has 1 aromatic heterocycles. The van der Waals surface area contributed by atoms with Crippen LogP contribution < -0.4 is 5.32 Å². The van der Waals surface area contributed by atoms with Crippen LogP contribution in [0.1, 0.15) is 35.2 Å². The van der Waals surface area contributed by atoms with Gasteiger partial charge in [-0.2, -0.15) is 18.3 Å². The number of rotatable bonds is 7. The number of nitrogens with one attached hydrogen (secondary N) is 2. The highest BCUT2D eigenvalue weighted by atomic mass is 35.5. The van der Waals surface area contributed by atoms with Crippen molar-refractivity contribution >= 4 is 41.2 Å². The number of benzene rings is 2. The molecule has 0 radical (unpaired) electrons. The number of hydrogen-bond acceptors (Lipinski definition) is 5. The molecule has 3 aromatic rings. The Balaban J connectivity index is 1.91. The smallest absolute Gasteiger partial charge is 0.416 e. The molecule has 0 amide bonds. The molecule has 0 spiro atoms. The first kappa shape index (κ1) is 24.1. The van der Waals surface area contributed by atoms with Crippen molar-refractivity contribution < 1.29 is 22.7 Å². The summed E-state index contributed by atoms with van der Waals surface area (Å²) in [4.78, 5) is 12.7. The molecule has 178 valence electrons. The van der Waals surface area contributed by atoms with Gasteiger partial charge in [-0.1, -0.05) is 53.5 Å². The lowest BCUT2D eigenvalue weighted by atomic mass is 9.95. The number of carbonyl (C=O) groups excluding carboxylic acids is 1. The molecular weight excluding hydrogens is 492 g/mol. The van der Waals surface area contributed by atoms with Gasteiger partial charge in [0.05, 0.1) is 28.1 Å². The largest absolute Gasteiger partial charge is 0.468 e. The van der Waals surface area contributed by atoms with E-state index in [1.165, 1.54) is 11.8 Å². The number of esters is 1. The summed E-state index contributed by atoms with van der Waals surface area (Å²) in [7, 11) is 1.28. The van der Waals surface area contributed by atoms with Crippen LogP contribution in [0.2, 0.25) is 10.0 Å². The molecule has 34 heavy (non-hydrogen) atoms. The highest BCUT2D eigenvalue weighted by molar-refractivity contribution is 6.38. The molecule has 0 saturated heterocycles. The van der Waals surface area contributed by atoms with Gasteiger partial charge < -0.3 is 15.5 Å². The molecule has 0 aliphatic heterocycles. The van der Waals surface area contributed by atoms with Crippen molar-refractivity contribution in [3.63, 3.8) is 0 Å². The molecule has 2 aromatic carbocycles. The van der Waals surface area contributed by atoms with Gasteiger partial charge in [-0.25, -0.2) is 4.68 Å². The summed E-state index contributed by atoms with van der Waals surface area (Å²) in [5.74, 6) is -0.184. The fourth-order valence-corrected chi connectivity index (χ4v) is 4.57. The van der Waals surface area contributed by atoms with Crippen molar-refractivity contribution in [2.75, 3.05) is 12.4 Å². The molecule has 1 fully saturated rings. The molecule has 1 saturated carbocycles. The number of carbonyl (C=O) groups is 1. The standard InChI is InChI=1S/C23H19Cl2F3N4O2/c1-34-21(33)22(7-8-22)18-17(11-29)31-32(20(18)30-12-13-5-3-2-4-6-13)19-15(24)9-14(10-16(19)25)23(26,27)28/h2-6,9-11,29-30H,7-8,12H2,1H3. The molecule has 1 aliphatic rings. The molecular formula is C23H19Cl2F3N4O2. The molecule has 1 heterocycles. The van der Waals surface area contributed by atoms with Crippen molar-refractivity contribution in [1.82, 2.24) is 9.78 Å². The van der Waals surface area contributed by atoms with Crippen molar-refractivity contribution in [3.05, 3.63) is 74.9 Å². The monoisotopic (exact) mass is 510 g/mol. The zero-order valence-electron chi connectivity index (χ0n) is 17.8. The quantitative estimate of drug-likeness (QED) is 0.301. The predicted octanol–water partition coefficient (Wildman–Crippen LogP) is 6.01. The zero-order chi connectivity index (χ0) is 24.7. The Labute approximate surface area is 203 Å². The average molecular weight is 511 g/mol. The third kappa shape index (κ3) is 4.25. The van der Waals surface area contributed by atoms with Crippen molar-refractivity contribution in [2.24, 2.45) is 0 Å². The van der Waals surface area contributed by atoms with Gasteiger partial charge in [0.2, 0.25) is 0 Å². The van der Waals surface area contributed by atoms with Crippen LogP contribution in [0.4, 0.5) is 19.0 Å². The summed E-state index contributed by atoms with van der Waals surface area (Å²) in [6.07, 6.45) is -2.71. The molecule has 0 bridgehead atoms. The minimum Gasteiger partial charge on any atom is -0.468 e. The number of hydrogen-bond donors (Lipinski definition) is 2. The second-order valence-electron chi connectivity index (χ2n) is 7.86.